The third-order valence-corrected chi connectivity index (χ3v) is 5.05. The SMILES string of the molecule is Fc1ccc(F)c(C(Br)c2ccc(Br)s2)c1. The van der Waals surface area contributed by atoms with E-state index in [2.05, 4.69) is 31.9 Å². The molecule has 0 bridgehead atoms. The Bertz CT molecular complexity index is 510. The number of halogens is 4. The zero-order valence-corrected chi connectivity index (χ0v) is 11.9. The average Bonchev–Trinajstić information content (AvgIpc) is 2.67. The van der Waals surface area contributed by atoms with Gasteiger partial charge in [-0.15, -0.1) is 11.3 Å². The molecule has 0 saturated heterocycles. The molecule has 2 rings (SSSR count). The second-order valence-electron chi connectivity index (χ2n) is 3.17. The van der Waals surface area contributed by atoms with Crippen molar-refractivity contribution in [1.29, 1.82) is 0 Å². The molecule has 1 heterocycles. The molecule has 0 aliphatic carbocycles. The van der Waals surface area contributed by atoms with Crippen LogP contribution in [0, 0.1) is 11.6 Å². The Kier molecular flexibility index (Phi) is 3.77. The van der Waals surface area contributed by atoms with Gasteiger partial charge in [0.05, 0.1) is 8.61 Å². The van der Waals surface area contributed by atoms with Crippen LogP contribution in [0.2, 0.25) is 0 Å². The summed E-state index contributed by atoms with van der Waals surface area (Å²) in [5, 5.41) is 0. The first kappa shape index (κ1) is 12.2. The average molecular weight is 368 g/mol. The van der Waals surface area contributed by atoms with Crippen LogP contribution in [0.4, 0.5) is 8.78 Å². The maximum atomic E-state index is 13.5. The van der Waals surface area contributed by atoms with Crippen molar-refractivity contribution < 1.29 is 8.78 Å². The Morgan fingerprint density at radius 1 is 1.12 bits per heavy atom. The number of hydrogen-bond acceptors (Lipinski definition) is 1. The van der Waals surface area contributed by atoms with Crippen LogP contribution < -0.4 is 0 Å². The Balaban J connectivity index is 2.40. The molecule has 0 fully saturated rings. The van der Waals surface area contributed by atoms with Crippen LogP contribution in [-0.2, 0) is 0 Å². The Morgan fingerprint density at radius 3 is 2.50 bits per heavy atom. The number of hydrogen-bond donors (Lipinski definition) is 0. The van der Waals surface area contributed by atoms with Gasteiger partial charge in [-0.3, -0.25) is 0 Å². The van der Waals surface area contributed by atoms with E-state index < -0.39 is 11.6 Å². The summed E-state index contributed by atoms with van der Waals surface area (Å²) < 4.78 is 27.5. The first-order chi connectivity index (χ1) is 7.58. The number of rotatable bonds is 2. The molecule has 0 nitrogen and oxygen atoms in total. The lowest BCUT2D eigenvalue weighted by atomic mass is 10.1. The van der Waals surface area contributed by atoms with Gasteiger partial charge in [0.2, 0.25) is 0 Å². The minimum atomic E-state index is -0.434. The molecule has 0 amide bonds. The van der Waals surface area contributed by atoms with Gasteiger partial charge in [0.15, 0.2) is 0 Å². The standard InChI is InChI=1S/C11H6Br2F2S/c12-10-4-3-9(16-10)11(13)7-5-6(14)1-2-8(7)15/h1-5,11H. The van der Waals surface area contributed by atoms with Crippen molar-refractivity contribution >= 4 is 43.2 Å². The first-order valence-electron chi connectivity index (χ1n) is 4.42. The lowest BCUT2D eigenvalue weighted by Gasteiger charge is -2.09. The van der Waals surface area contributed by atoms with E-state index in [-0.39, 0.29) is 4.83 Å². The molecule has 0 radical (unpaired) electrons. The van der Waals surface area contributed by atoms with Crippen molar-refractivity contribution in [2.75, 3.05) is 0 Å². The van der Waals surface area contributed by atoms with Gasteiger partial charge in [-0.05, 0) is 46.3 Å². The molecule has 5 heteroatoms. The molecule has 0 aliphatic heterocycles. The minimum absolute atomic E-state index is 0.314. The van der Waals surface area contributed by atoms with Gasteiger partial charge < -0.3 is 0 Å². The molecule has 2 aromatic rings. The summed E-state index contributed by atoms with van der Waals surface area (Å²) in [6.45, 7) is 0. The molecule has 1 unspecified atom stereocenters. The molecular weight excluding hydrogens is 362 g/mol. The number of benzene rings is 1. The quantitative estimate of drug-likeness (QED) is 0.634. The van der Waals surface area contributed by atoms with E-state index in [4.69, 9.17) is 0 Å². The highest BCUT2D eigenvalue weighted by Crippen LogP contribution is 2.38. The van der Waals surface area contributed by atoms with Crippen molar-refractivity contribution in [2.24, 2.45) is 0 Å². The van der Waals surface area contributed by atoms with E-state index in [0.29, 0.717) is 5.56 Å². The monoisotopic (exact) mass is 366 g/mol. The van der Waals surface area contributed by atoms with Crippen molar-refractivity contribution in [3.63, 3.8) is 0 Å². The smallest absolute Gasteiger partial charge is 0.128 e. The molecular formula is C11H6Br2F2S. The second-order valence-corrected chi connectivity index (χ2v) is 6.58. The number of thiophene rings is 1. The predicted octanol–water partition coefficient (Wildman–Crippen LogP) is 5.27. The van der Waals surface area contributed by atoms with E-state index >= 15 is 0 Å². The molecule has 0 spiro atoms. The minimum Gasteiger partial charge on any atom is -0.207 e. The summed E-state index contributed by atoms with van der Waals surface area (Å²) in [5.41, 5.74) is 0.314. The van der Waals surface area contributed by atoms with Crippen LogP contribution in [0.25, 0.3) is 0 Å². The van der Waals surface area contributed by atoms with Crippen LogP contribution >= 0.6 is 43.2 Å². The van der Waals surface area contributed by atoms with Crippen LogP contribution in [-0.4, -0.2) is 0 Å². The molecule has 1 aromatic carbocycles. The summed E-state index contributed by atoms with van der Waals surface area (Å²) in [4.78, 5) is 0.607. The van der Waals surface area contributed by atoms with Crippen LogP contribution in [0.1, 0.15) is 15.3 Å². The van der Waals surface area contributed by atoms with Crippen LogP contribution in [0.15, 0.2) is 34.1 Å². The molecule has 0 aliphatic rings. The van der Waals surface area contributed by atoms with Gasteiger partial charge in [-0.1, -0.05) is 15.9 Å². The predicted molar refractivity (Wildman–Crippen MR) is 69.1 cm³/mol. The van der Waals surface area contributed by atoms with Gasteiger partial charge in [0.1, 0.15) is 11.6 Å². The van der Waals surface area contributed by atoms with Gasteiger partial charge in [-0.25, -0.2) is 8.78 Å². The third kappa shape index (κ3) is 2.52. The van der Waals surface area contributed by atoms with E-state index in [1.165, 1.54) is 17.4 Å². The van der Waals surface area contributed by atoms with Crippen LogP contribution in [0.3, 0.4) is 0 Å². The Labute approximate surface area is 113 Å². The second kappa shape index (κ2) is 4.94. The highest BCUT2D eigenvalue weighted by atomic mass is 79.9. The lowest BCUT2D eigenvalue weighted by molar-refractivity contribution is 0.588. The lowest BCUT2D eigenvalue weighted by Crippen LogP contribution is -1.95. The van der Waals surface area contributed by atoms with Crippen molar-refractivity contribution in [1.82, 2.24) is 0 Å². The third-order valence-electron chi connectivity index (χ3n) is 2.07. The normalized spacial score (nSPS) is 12.8. The fourth-order valence-electron chi connectivity index (χ4n) is 1.33. The molecule has 84 valence electrons. The van der Waals surface area contributed by atoms with Gasteiger partial charge >= 0.3 is 0 Å². The summed E-state index contributed by atoms with van der Waals surface area (Å²) in [6, 6.07) is 7.22. The van der Waals surface area contributed by atoms with Gasteiger partial charge in [0, 0.05) is 10.4 Å². The zero-order valence-electron chi connectivity index (χ0n) is 7.88. The molecule has 1 aromatic heterocycles. The fourth-order valence-corrected chi connectivity index (χ4v) is 3.53. The van der Waals surface area contributed by atoms with E-state index in [1.54, 1.807) is 0 Å². The Hall–Kier alpha value is -0.260. The maximum Gasteiger partial charge on any atom is 0.128 e. The Morgan fingerprint density at radius 2 is 1.88 bits per heavy atom. The molecule has 1 atom stereocenters. The maximum absolute atomic E-state index is 13.5. The van der Waals surface area contributed by atoms with E-state index in [1.807, 2.05) is 12.1 Å². The van der Waals surface area contributed by atoms with Crippen molar-refractivity contribution in [2.45, 2.75) is 4.83 Å². The van der Waals surface area contributed by atoms with Crippen molar-refractivity contribution in [3.05, 3.63) is 56.2 Å². The summed E-state index contributed by atoms with van der Waals surface area (Å²) in [5.74, 6) is -0.843. The summed E-state index contributed by atoms with van der Waals surface area (Å²) in [6.07, 6.45) is 0. The summed E-state index contributed by atoms with van der Waals surface area (Å²) in [7, 11) is 0. The van der Waals surface area contributed by atoms with E-state index in [0.717, 1.165) is 20.8 Å². The molecule has 16 heavy (non-hydrogen) atoms. The van der Waals surface area contributed by atoms with Crippen LogP contribution in [0.5, 0.6) is 0 Å². The van der Waals surface area contributed by atoms with Gasteiger partial charge in [-0.2, -0.15) is 0 Å². The molecule has 0 N–H and O–H groups in total. The highest BCUT2D eigenvalue weighted by Gasteiger charge is 2.17. The largest absolute Gasteiger partial charge is 0.207 e. The summed E-state index contributed by atoms with van der Waals surface area (Å²) >= 11 is 8.20. The van der Waals surface area contributed by atoms with Crippen molar-refractivity contribution in [3.8, 4) is 0 Å². The molecule has 0 saturated carbocycles. The fraction of sp³-hybridized carbons (Fsp3) is 0.0909. The number of alkyl halides is 1. The van der Waals surface area contributed by atoms with E-state index in [9.17, 15) is 8.78 Å². The van der Waals surface area contributed by atoms with Gasteiger partial charge in [0.25, 0.3) is 0 Å². The topological polar surface area (TPSA) is 0 Å². The highest BCUT2D eigenvalue weighted by molar-refractivity contribution is 9.11. The zero-order chi connectivity index (χ0) is 11.7. The first-order valence-corrected chi connectivity index (χ1v) is 6.94.